The quantitative estimate of drug-likeness (QED) is 0.786. The van der Waals surface area contributed by atoms with Crippen molar-refractivity contribution >= 4 is 5.91 Å². The molecule has 0 aliphatic carbocycles. The van der Waals surface area contributed by atoms with Crippen LogP contribution in [0, 0.1) is 18.8 Å². The molecule has 1 heterocycles. The second kappa shape index (κ2) is 6.75. The van der Waals surface area contributed by atoms with E-state index in [2.05, 4.69) is 30.7 Å². The predicted octanol–water partition coefficient (Wildman–Crippen LogP) is 1.08. The Labute approximate surface area is 126 Å². The number of amides is 1. The molecule has 0 aromatic heterocycles. The lowest BCUT2D eigenvalue weighted by Gasteiger charge is -2.38. The van der Waals surface area contributed by atoms with Crippen molar-refractivity contribution < 1.29 is 4.79 Å². The van der Waals surface area contributed by atoms with Crippen LogP contribution in [0.4, 0.5) is 0 Å². The first-order valence-corrected chi connectivity index (χ1v) is 7.32. The Bertz CT molecular complexity index is 585. The van der Waals surface area contributed by atoms with Crippen molar-refractivity contribution in [1.82, 2.24) is 9.80 Å². The summed E-state index contributed by atoms with van der Waals surface area (Å²) in [4.78, 5) is 16.9. The summed E-state index contributed by atoms with van der Waals surface area (Å²) in [5.74, 6) is 5.98. The minimum Gasteiger partial charge on any atom is -0.333 e. The molecule has 1 aliphatic rings. The number of nitrogens with two attached hydrogens (primary N) is 1. The van der Waals surface area contributed by atoms with Crippen LogP contribution in [-0.4, -0.2) is 55.0 Å². The van der Waals surface area contributed by atoms with Crippen LogP contribution in [-0.2, 0) is 0 Å². The Kier molecular flexibility index (Phi) is 5.00. The van der Waals surface area contributed by atoms with Crippen LogP contribution in [0.5, 0.6) is 0 Å². The van der Waals surface area contributed by atoms with Gasteiger partial charge in [-0.2, -0.15) is 0 Å². The van der Waals surface area contributed by atoms with Crippen LogP contribution < -0.4 is 5.73 Å². The Morgan fingerprint density at radius 3 is 2.81 bits per heavy atom. The van der Waals surface area contributed by atoms with E-state index < -0.39 is 0 Å². The monoisotopic (exact) mass is 285 g/mol. The van der Waals surface area contributed by atoms with Gasteiger partial charge in [-0.25, -0.2) is 0 Å². The van der Waals surface area contributed by atoms with Crippen molar-refractivity contribution in [3.05, 3.63) is 34.9 Å². The molecular formula is C17H23N3O. The van der Waals surface area contributed by atoms with Crippen molar-refractivity contribution in [2.24, 2.45) is 5.73 Å². The third-order valence-corrected chi connectivity index (χ3v) is 3.89. The summed E-state index contributed by atoms with van der Waals surface area (Å²) >= 11 is 0. The number of aryl methyl sites for hydroxylation is 1. The molecule has 4 nitrogen and oxygen atoms in total. The largest absolute Gasteiger partial charge is 0.333 e. The number of carbonyl (C=O) groups is 1. The van der Waals surface area contributed by atoms with Gasteiger partial charge in [0.15, 0.2) is 0 Å². The van der Waals surface area contributed by atoms with Crippen molar-refractivity contribution in [2.45, 2.75) is 19.9 Å². The smallest absolute Gasteiger partial charge is 0.254 e. The first-order chi connectivity index (χ1) is 10.0. The van der Waals surface area contributed by atoms with E-state index in [-0.39, 0.29) is 11.9 Å². The third kappa shape index (κ3) is 3.63. The maximum Gasteiger partial charge on any atom is 0.254 e. The average molecular weight is 285 g/mol. The van der Waals surface area contributed by atoms with Gasteiger partial charge in [-0.05, 0) is 44.7 Å². The molecule has 1 unspecified atom stereocenters. The molecule has 112 valence electrons. The number of benzene rings is 1. The summed E-state index contributed by atoms with van der Waals surface area (Å²) in [5, 5.41) is 0. The van der Waals surface area contributed by atoms with Gasteiger partial charge in [-0.3, -0.25) is 4.79 Å². The van der Waals surface area contributed by atoms with E-state index in [0.29, 0.717) is 6.54 Å². The van der Waals surface area contributed by atoms with Gasteiger partial charge in [0.25, 0.3) is 5.91 Å². The summed E-state index contributed by atoms with van der Waals surface area (Å²) < 4.78 is 0. The molecule has 4 heteroatoms. The van der Waals surface area contributed by atoms with Gasteiger partial charge in [0.1, 0.15) is 0 Å². The highest BCUT2D eigenvalue weighted by Crippen LogP contribution is 2.16. The lowest BCUT2D eigenvalue weighted by atomic mass is 10.0. The van der Waals surface area contributed by atoms with Gasteiger partial charge in [0, 0.05) is 36.8 Å². The molecule has 21 heavy (non-hydrogen) atoms. The van der Waals surface area contributed by atoms with E-state index in [9.17, 15) is 4.79 Å². The number of hydrogen-bond acceptors (Lipinski definition) is 3. The highest BCUT2D eigenvalue weighted by molar-refractivity contribution is 5.95. The number of hydrogen-bond donors (Lipinski definition) is 1. The molecule has 0 spiro atoms. The number of rotatable bonds is 1. The molecule has 1 aromatic carbocycles. The van der Waals surface area contributed by atoms with E-state index in [1.807, 2.05) is 30.0 Å². The summed E-state index contributed by atoms with van der Waals surface area (Å²) in [6, 6.07) is 5.94. The van der Waals surface area contributed by atoms with E-state index in [1.54, 1.807) is 0 Å². The fraction of sp³-hybridized carbons (Fsp3) is 0.471. The van der Waals surface area contributed by atoms with Crippen molar-refractivity contribution in [1.29, 1.82) is 0 Å². The van der Waals surface area contributed by atoms with Crippen LogP contribution in [0.1, 0.15) is 28.4 Å². The molecule has 0 saturated carbocycles. The summed E-state index contributed by atoms with van der Waals surface area (Å²) in [6.07, 6.45) is 0. The minimum atomic E-state index is 0.108. The van der Waals surface area contributed by atoms with Crippen LogP contribution in [0.3, 0.4) is 0 Å². The molecule has 2 N–H and O–H groups in total. The maximum atomic E-state index is 12.6. The highest BCUT2D eigenvalue weighted by Gasteiger charge is 2.26. The van der Waals surface area contributed by atoms with Crippen LogP contribution in [0.15, 0.2) is 18.2 Å². The Balaban J connectivity index is 2.18. The number of carbonyl (C=O) groups excluding carboxylic acids is 1. The van der Waals surface area contributed by atoms with Crippen molar-refractivity contribution in [3.8, 4) is 11.8 Å². The van der Waals surface area contributed by atoms with Crippen LogP contribution in [0.2, 0.25) is 0 Å². The zero-order valence-corrected chi connectivity index (χ0v) is 13.0. The second-order valence-corrected chi connectivity index (χ2v) is 5.65. The van der Waals surface area contributed by atoms with Crippen molar-refractivity contribution in [3.63, 3.8) is 0 Å². The van der Waals surface area contributed by atoms with E-state index in [1.165, 1.54) is 0 Å². The van der Waals surface area contributed by atoms with Gasteiger partial charge in [0.05, 0.1) is 6.54 Å². The first-order valence-electron chi connectivity index (χ1n) is 7.32. The molecule has 1 atom stereocenters. The highest BCUT2D eigenvalue weighted by atomic mass is 16.2. The zero-order valence-electron chi connectivity index (χ0n) is 13.0. The number of piperazine rings is 1. The SMILES string of the molecule is Cc1cc(C(=O)N2CCN(C)CC2C)ccc1C#CCN. The van der Waals surface area contributed by atoms with E-state index in [0.717, 1.165) is 36.3 Å². The fourth-order valence-electron chi connectivity index (χ4n) is 2.69. The lowest BCUT2D eigenvalue weighted by molar-refractivity contribution is 0.0533. The molecule has 1 amide bonds. The summed E-state index contributed by atoms with van der Waals surface area (Å²) in [6.45, 7) is 7.05. The lowest BCUT2D eigenvalue weighted by Crippen LogP contribution is -2.52. The molecule has 1 saturated heterocycles. The van der Waals surface area contributed by atoms with Gasteiger partial charge in [-0.1, -0.05) is 11.8 Å². The second-order valence-electron chi connectivity index (χ2n) is 5.65. The van der Waals surface area contributed by atoms with E-state index >= 15 is 0 Å². The van der Waals surface area contributed by atoms with E-state index in [4.69, 9.17) is 5.73 Å². The summed E-state index contributed by atoms with van der Waals surface area (Å²) in [5.41, 5.74) is 8.08. The number of likely N-dealkylation sites (N-methyl/N-ethyl adjacent to an activating group) is 1. The van der Waals surface area contributed by atoms with Gasteiger partial charge in [0.2, 0.25) is 0 Å². The Morgan fingerprint density at radius 1 is 1.43 bits per heavy atom. The third-order valence-electron chi connectivity index (χ3n) is 3.89. The normalized spacial score (nSPS) is 19.0. The first kappa shape index (κ1) is 15.6. The molecular weight excluding hydrogens is 262 g/mol. The molecule has 1 aliphatic heterocycles. The molecule has 0 radical (unpaired) electrons. The Morgan fingerprint density at radius 2 is 2.19 bits per heavy atom. The number of nitrogens with zero attached hydrogens (tertiary/aromatic N) is 2. The van der Waals surface area contributed by atoms with Crippen LogP contribution >= 0.6 is 0 Å². The standard InChI is InChI=1S/C17H23N3O/c1-13-11-16(7-6-15(13)5-4-8-18)17(21)20-10-9-19(3)12-14(20)2/h6-7,11,14H,8-10,12,18H2,1-3H3. The zero-order chi connectivity index (χ0) is 15.4. The van der Waals surface area contributed by atoms with Gasteiger partial charge in [-0.15, -0.1) is 0 Å². The predicted molar refractivity (Wildman–Crippen MR) is 85.1 cm³/mol. The van der Waals surface area contributed by atoms with Gasteiger partial charge >= 0.3 is 0 Å². The average Bonchev–Trinajstić information content (AvgIpc) is 2.45. The molecule has 1 aromatic rings. The Hall–Kier alpha value is -1.83. The fourth-order valence-corrected chi connectivity index (χ4v) is 2.69. The summed E-state index contributed by atoms with van der Waals surface area (Å²) in [7, 11) is 2.09. The molecule has 2 rings (SSSR count). The molecule has 1 fully saturated rings. The van der Waals surface area contributed by atoms with Crippen LogP contribution in [0.25, 0.3) is 0 Å². The molecule has 0 bridgehead atoms. The minimum absolute atomic E-state index is 0.108. The van der Waals surface area contributed by atoms with Gasteiger partial charge < -0.3 is 15.5 Å². The topological polar surface area (TPSA) is 49.6 Å². The maximum absolute atomic E-state index is 12.6. The van der Waals surface area contributed by atoms with Crippen molar-refractivity contribution in [2.75, 3.05) is 33.2 Å².